The molecule has 6 heteroatoms. The van der Waals surface area contributed by atoms with Crippen molar-refractivity contribution in [1.29, 1.82) is 0 Å². The summed E-state index contributed by atoms with van der Waals surface area (Å²) in [6.07, 6.45) is 1.78. The standard InChI is InChI=1S/C16H15N3O2S/c1-10-8-22-15-14(10)17-9-18-16(15)19-11-2-4-12(5-3-11)21-13-6-20-7-13/h2-5,8-9,13H,6-7H2,1H3,(H,17,18,19). The zero-order valence-corrected chi connectivity index (χ0v) is 12.9. The van der Waals surface area contributed by atoms with Gasteiger partial charge in [0.1, 0.15) is 18.2 Å². The van der Waals surface area contributed by atoms with Gasteiger partial charge >= 0.3 is 0 Å². The second-order valence-electron chi connectivity index (χ2n) is 5.25. The Hall–Kier alpha value is -2.18. The van der Waals surface area contributed by atoms with Crippen molar-refractivity contribution in [3.8, 4) is 5.75 Å². The van der Waals surface area contributed by atoms with Crippen LogP contribution >= 0.6 is 11.3 Å². The largest absolute Gasteiger partial charge is 0.486 e. The molecule has 0 amide bonds. The summed E-state index contributed by atoms with van der Waals surface area (Å²) in [5, 5.41) is 5.45. The third-order valence-electron chi connectivity index (χ3n) is 3.56. The van der Waals surface area contributed by atoms with Gasteiger partial charge in [-0.25, -0.2) is 9.97 Å². The van der Waals surface area contributed by atoms with Crippen LogP contribution in [0.2, 0.25) is 0 Å². The average Bonchev–Trinajstić information content (AvgIpc) is 2.88. The fourth-order valence-corrected chi connectivity index (χ4v) is 3.23. The van der Waals surface area contributed by atoms with Crippen molar-refractivity contribution in [2.24, 2.45) is 0 Å². The maximum atomic E-state index is 5.75. The third-order valence-corrected chi connectivity index (χ3v) is 4.65. The second kappa shape index (κ2) is 5.55. The number of aryl methyl sites for hydroxylation is 1. The van der Waals surface area contributed by atoms with Crippen molar-refractivity contribution in [3.63, 3.8) is 0 Å². The molecule has 2 aromatic heterocycles. The molecule has 1 fully saturated rings. The summed E-state index contributed by atoms with van der Waals surface area (Å²) < 4.78 is 11.9. The molecular weight excluding hydrogens is 298 g/mol. The van der Waals surface area contributed by atoms with Gasteiger partial charge in [0.15, 0.2) is 5.82 Å². The number of benzene rings is 1. The number of aromatic nitrogens is 2. The number of nitrogens with zero attached hydrogens (tertiary/aromatic N) is 2. The Kier molecular flexibility index (Phi) is 3.40. The maximum Gasteiger partial charge on any atom is 0.151 e. The molecule has 1 aromatic carbocycles. The van der Waals surface area contributed by atoms with E-state index in [0.717, 1.165) is 27.5 Å². The van der Waals surface area contributed by atoms with Crippen LogP contribution in [0.25, 0.3) is 10.2 Å². The van der Waals surface area contributed by atoms with Crippen molar-refractivity contribution in [2.75, 3.05) is 18.5 Å². The van der Waals surface area contributed by atoms with E-state index in [1.807, 2.05) is 24.3 Å². The molecule has 1 saturated heterocycles. The highest BCUT2D eigenvalue weighted by Crippen LogP contribution is 2.30. The summed E-state index contributed by atoms with van der Waals surface area (Å²) in [4.78, 5) is 8.68. The van der Waals surface area contributed by atoms with Crippen LogP contribution < -0.4 is 10.1 Å². The lowest BCUT2D eigenvalue weighted by Gasteiger charge is -2.26. The molecule has 3 aromatic rings. The molecule has 0 aliphatic carbocycles. The number of hydrogen-bond donors (Lipinski definition) is 1. The molecule has 1 N–H and O–H groups in total. The van der Waals surface area contributed by atoms with Crippen molar-refractivity contribution < 1.29 is 9.47 Å². The van der Waals surface area contributed by atoms with E-state index in [-0.39, 0.29) is 6.10 Å². The normalized spacial score (nSPS) is 14.8. The first-order chi connectivity index (χ1) is 10.8. The minimum Gasteiger partial charge on any atom is -0.486 e. The number of anilines is 2. The van der Waals surface area contributed by atoms with Gasteiger partial charge in [-0.2, -0.15) is 0 Å². The molecule has 1 aliphatic heterocycles. The van der Waals surface area contributed by atoms with Crippen molar-refractivity contribution >= 4 is 33.1 Å². The van der Waals surface area contributed by atoms with Crippen molar-refractivity contribution in [1.82, 2.24) is 9.97 Å². The van der Waals surface area contributed by atoms with Crippen molar-refractivity contribution in [3.05, 3.63) is 41.5 Å². The van der Waals surface area contributed by atoms with Gasteiger partial charge in [0, 0.05) is 5.69 Å². The molecule has 22 heavy (non-hydrogen) atoms. The SMILES string of the molecule is Cc1csc2c(Nc3ccc(OC4COC4)cc3)ncnc12. The number of thiophene rings is 1. The third kappa shape index (κ3) is 2.51. The van der Waals surface area contributed by atoms with Crippen LogP contribution in [0, 0.1) is 6.92 Å². The molecule has 0 atom stereocenters. The Labute approximate surface area is 131 Å². The van der Waals surface area contributed by atoms with Crippen LogP contribution in [-0.2, 0) is 4.74 Å². The predicted molar refractivity (Wildman–Crippen MR) is 87.1 cm³/mol. The van der Waals surface area contributed by atoms with E-state index in [9.17, 15) is 0 Å². The Bertz CT molecular complexity index is 797. The van der Waals surface area contributed by atoms with Gasteiger partial charge in [0.25, 0.3) is 0 Å². The number of nitrogens with one attached hydrogen (secondary N) is 1. The molecule has 5 nitrogen and oxygen atoms in total. The molecular formula is C16H15N3O2S. The molecule has 0 spiro atoms. The summed E-state index contributed by atoms with van der Waals surface area (Å²) in [5.41, 5.74) is 3.16. The quantitative estimate of drug-likeness (QED) is 0.798. The Morgan fingerprint density at radius 3 is 2.77 bits per heavy atom. The van der Waals surface area contributed by atoms with E-state index in [2.05, 4.69) is 27.6 Å². The fourth-order valence-electron chi connectivity index (χ4n) is 2.29. The number of fused-ring (bicyclic) bond motifs is 1. The van der Waals surface area contributed by atoms with Gasteiger partial charge in [-0.05, 0) is 42.1 Å². The van der Waals surface area contributed by atoms with Gasteiger partial charge in [0.2, 0.25) is 0 Å². The molecule has 0 saturated carbocycles. The van der Waals surface area contributed by atoms with E-state index >= 15 is 0 Å². The van der Waals surface area contributed by atoms with Crippen LogP contribution in [0.15, 0.2) is 36.0 Å². The lowest BCUT2D eigenvalue weighted by molar-refractivity contribution is -0.0796. The monoisotopic (exact) mass is 313 g/mol. The average molecular weight is 313 g/mol. The van der Waals surface area contributed by atoms with Gasteiger partial charge in [-0.1, -0.05) is 0 Å². The first kappa shape index (κ1) is 13.5. The molecule has 1 aliphatic rings. The van der Waals surface area contributed by atoms with E-state index in [4.69, 9.17) is 9.47 Å². The van der Waals surface area contributed by atoms with Gasteiger partial charge in [-0.15, -0.1) is 11.3 Å². The number of ether oxygens (including phenoxy) is 2. The van der Waals surface area contributed by atoms with E-state index < -0.39 is 0 Å². The summed E-state index contributed by atoms with van der Waals surface area (Å²) in [6, 6.07) is 7.89. The molecule has 0 bridgehead atoms. The minimum absolute atomic E-state index is 0.189. The summed E-state index contributed by atoms with van der Waals surface area (Å²) in [7, 11) is 0. The smallest absolute Gasteiger partial charge is 0.151 e. The lowest BCUT2D eigenvalue weighted by Crippen LogP contribution is -2.38. The van der Waals surface area contributed by atoms with E-state index in [0.29, 0.717) is 13.2 Å². The maximum absolute atomic E-state index is 5.75. The molecule has 4 rings (SSSR count). The summed E-state index contributed by atoms with van der Waals surface area (Å²) >= 11 is 1.66. The Morgan fingerprint density at radius 2 is 2.05 bits per heavy atom. The highest BCUT2D eigenvalue weighted by atomic mass is 32.1. The Balaban J connectivity index is 1.54. The van der Waals surface area contributed by atoms with Gasteiger partial charge in [0.05, 0.1) is 23.4 Å². The Morgan fingerprint density at radius 1 is 1.23 bits per heavy atom. The molecule has 0 radical (unpaired) electrons. The number of rotatable bonds is 4. The zero-order chi connectivity index (χ0) is 14.9. The summed E-state index contributed by atoms with van der Waals surface area (Å²) in [6.45, 7) is 3.42. The first-order valence-electron chi connectivity index (χ1n) is 7.10. The van der Waals surface area contributed by atoms with Crippen LogP contribution in [0.3, 0.4) is 0 Å². The van der Waals surface area contributed by atoms with Crippen LogP contribution in [0.4, 0.5) is 11.5 Å². The minimum atomic E-state index is 0.189. The molecule has 0 unspecified atom stereocenters. The van der Waals surface area contributed by atoms with Crippen molar-refractivity contribution in [2.45, 2.75) is 13.0 Å². The second-order valence-corrected chi connectivity index (χ2v) is 6.13. The van der Waals surface area contributed by atoms with Gasteiger partial charge < -0.3 is 14.8 Å². The van der Waals surface area contributed by atoms with Crippen LogP contribution in [0.5, 0.6) is 5.75 Å². The molecule has 3 heterocycles. The predicted octanol–water partition coefficient (Wildman–Crippen LogP) is 3.52. The van der Waals surface area contributed by atoms with Crippen LogP contribution in [-0.4, -0.2) is 29.3 Å². The van der Waals surface area contributed by atoms with E-state index in [1.165, 1.54) is 5.56 Å². The van der Waals surface area contributed by atoms with Crippen LogP contribution in [0.1, 0.15) is 5.56 Å². The summed E-state index contributed by atoms with van der Waals surface area (Å²) in [5.74, 6) is 1.70. The zero-order valence-electron chi connectivity index (χ0n) is 12.1. The highest BCUT2D eigenvalue weighted by molar-refractivity contribution is 7.18. The first-order valence-corrected chi connectivity index (χ1v) is 7.98. The van der Waals surface area contributed by atoms with Gasteiger partial charge in [-0.3, -0.25) is 0 Å². The molecule has 112 valence electrons. The lowest BCUT2D eigenvalue weighted by atomic mass is 10.2. The van der Waals surface area contributed by atoms with E-state index in [1.54, 1.807) is 17.7 Å². The number of hydrogen-bond acceptors (Lipinski definition) is 6. The highest BCUT2D eigenvalue weighted by Gasteiger charge is 2.19. The topological polar surface area (TPSA) is 56.3 Å². The fraction of sp³-hybridized carbons (Fsp3) is 0.250.